The maximum absolute atomic E-state index is 10.2. The lowest BCUT2D eigenvalue weighted by Crippen LogP contribution is -2.20. The topological polar surface area (TPSA) is 111 Å². The van der Waals surface area contributed by atoms with E-state index in [-0.39, 0.29) is 12.4 Å². The first-order valence-corrected chi connectivity index (χ1v) is 10.2. The summed E-state index contributed by atoms with van der Waals surface area (Å²) in [5, 5.41) is 11.2. The fraction of sp³-hybridized carbons (Fsp3) is 0.348. The predicted octanol–water partition coefficient (Wildman–Crippen LogP) is 3.64. The van der Waals surface area contributed by atoms with Crippen molar-refractivity contribution in [1.29, 1.82) is 0 Å². The van der Waals surface area contributed by atoms with Crippen LogP contribution in [0, 0.1) is 6.92 Å². The van der Waals surface area contributed by atoms with Gasteiger partial charge in [0, 0.05) is 25.6 Å². The van der Waals surface area contributed by atoms with Gasteiger partial charge in [-0.3, -0.25) is 0 Å². The lowest BCUT2D eigenvalue weighted by Gasteiger charge is -2.19. The minimum absolute atomic E-state index is 0.215. The van der Waals surface area contributed by atoms with Crippen LogP contribution in [0.25, 0.3) is 22.3 Å². The van der Waals surface area contributed by atoms with Gasteiger partial charge in [0.2, 0.25) is 0 Å². The third kappa shape index (κ3) is 5.82. The van der Waals surface area contributed by atoms with E-state index in [1.54, 1.807) is 6.07 Å². The highest BCUT2D eigenvalue weighted by atomic mass is 16.6. The van der Waals surface area contributed by atoms with Gasteiger partial charge >= 0.3 is 6.09 Å². The normalized spacial score (nSPS) is 13.0. The van der Waals surface area contributed by atoms with Gasteiger partial charge in [-0.1, -0.05) is 18.2 Å². The SMILES string of the molecule is COCCOC(N)=O.Cc1ccc2c(N3CCCC3)nc(-c3ccccc3O)nc2c1. The number of aryl methyl sites for hydroxylation is 1. The van der Waals surface area contributed by atoms with Gasteiger partial charge in [0.25, 0.3) is 0 Å². The summed E-state index contributed by atoms with van der Waals surface area (Å²) in [7, 11) is 1.52. The first-order chi connectivity index (χ1) is 15.0. The molecule has 1 aromatic heterocycles. The molecule has 164 valence electrons. The van der Waals surface area contributed by atoms with E-state index >= 15 is 0 Å². The number of hydrogen-bond donors (Lipinski definition) is 2. The van der Waals surface area contributed by atoms with Gasteiger partial charge in [-0.15, -0.1) is 0 Å². The van der Waals surface area contributed by atoms with E-state index < -0.39 is 6.09 Å². The molecule has 1 aliphatic heterocycles. The van der Waals surface area contributed by atoms with Crippen molar-refractivity contribution in [2.24, 2.45) is 5.73 Å². The van der Waals surface area contributed by atoms with Crippen molar-refractivity contribution in [2.45, 2.75) is 19.8 Å². The minimum Gasteiger partial charge on any atom is -0.507 e. The summed E-state index contributed by atoms with van der Waals surface area (Å²) in [4.78, 5) is 21.6. The summed E-state index contributed by atoms with van der Waals surface area (Å²) in [5.74, 6) is 1.78. The van der Waals surface area contributed by atoms with Crippen molar-refractivity contribution in [1.82, 2.24) is 9.97 Å². The molecule has 1 fully saturated rings. The number of para-hydroxylation sites is 1. The van der Waals surface area contributed by atoms with E-state index in [9.17, 15) is 9.90 Å². The molecule has 0 unspecified atom stereocenters. The number of nitrogens with two attached hydrogens (primary N) is 1. The number of ether oxygens (including phenoxy) is 2. The van der Waals surface area contributed by atoms with Crippen LogP contribution in [0.5, 0.6) is 5.75 Å². The van der Waals surface area contributed by atoms with Gasteiger partial charge in [0.15, 0.2) is 5.82 Å². The molecule has 3 N–H and O–H groups in total. The molecule has 3 aromatic rings. The number of aromatic hydroxyl groups is 1. The highest BCUT2D eigenvalue weighted by Gasteiger charge is 2.19. The molecule has 4 rings (SSSR count). The summed E-state index contributed by atoms with van der Waals surface area (Å²) >= 11 is 0. The Hall–Kier alpha value is -3.39. The number of phenolic OH excluding ortho intramolecular Hbond substituents is 1. The number of carbonyl (C=O) groups excluding carboxylic acids is 1. The second-order valence-electron chi connectivity index (χ2n) is 7.26. The van der Waals surface area contributed by atoms with Crippen molar-refractivity contribution in [3.63, 3.8) is 0 Å². The lowest BCUT2D eigenvalue weighted by molar-refractivity contribution is 0.104. The first kappa shape index (κ1) is 22.3. The summed E-state index contributed by atoms with van der Waals surface area (Å²) in [6.45, 7) is 4.74. The number of methoxy groups -OCH3 is 1. The Bertz CT molecular complexity index is 1040. The predicted molar refractivity (Wildman–Crippen MR) is 120 cm³/mol. The largest absolute Gasteiger partial charge is 0.507 e. The summed E-state index contributed by atoms with van der Waals surface area (Å²) in [6, 6.07) is 13.5. The number of benzene rings is 2. The summed E-state index contributed by atoms with van der Waals surface area (Å²) < 4.78 is 8.86. The molecule has 31 heavy (non-hydrogen) atoms. The van der Waals surface area contributed by atoms with Crippen molar-refractivity contribution in [2.75, 3.05) is 38.3 Å². The number of nitrogens with zero attached hydrogens (tertiary/aromatic N) is 3. The Morgan fingerprint density at radius 3 is 2.55 bits per heavy atom. The number of amides is 1. The molecule has 0 aliphatic carbocycles. The van der Waals surface area contributed by atoms with Crippen LogP contribution in [0.15, 0.2) is 42.5 Å². The van der Waals surface area contributed by atoms with E-state index in [4.69, 9.17) is 9.97 Å². The molecular formula is C23H28N4O4. The Balaban J connectivity index is 0.000000293. The lowest BCUT2D eigenvalue weighted by atomic mass is 10.1. The molecule has 1 aliphatic rings. The van der Waals surface area contributed by atoms with Crippen molar-refractivity contribution < 1.29 is 19.4 Å². The third-order valence-electron chi connectivity index (χ3n) is 4.91. The van der Waals surface area contributed by atoms with Gasteiger partial charge in [-0.05, 0) is 49.6 Å². The Kier molecular flexibility index (Phi) is 7.61. The maximum Gasteiger partial charge on any atom is 0.404 e. The smallest absolute Gasteiger partial charge is 0.404 e. The number of carbonyl (C=O) groups is 1. The van der Waals surface area contributed by atoms with Gasteiger partial charge in [-0.2, -0.15) is 0 Å². The molecule has 1 saturated heterocycles. The molecule has 0 spiro atoms. The fourth-order valence-corrected chi connectivity index (χ4v) is 3.40. The number of primary amides is 1. The Morgan fingerprint density at radius 1 is 1.13 bits per heavy atom. The van der Waals surface area contributed by atoms with Crippen molar-refractivity contribution in [3.8, 4) is 17.1 Å². The molecule has 8 nitrogen and oxygen atoms in total. The Labute approximate surface area is 181 Å². The van der Waals surface area contributed by atoms with Gasteiger partial charge in [-0.25, -0.2) is 14.8 Å². The van der Waals surface area contributed by atoms with E-state index in [1.165, 1.54) is 25.5 Å². The number of phenols is 1. The zero-order valence-corrected chi connectivity index (χ0v) is 17.9. The second-order valence-corrected chi connectivity index (χ2v) is 7.26. The maximum atomic E-state index is 10.2. The van der Waals surface area contributed by atoms with Gasteiger partial charge < -0.3 is 25.2 Å². The monoisotopic (exact) mass is 424 g/mol. The van der Waals surface area contributed by atoms with Crippen LogP contribution in [0.2, 0.25) is 0 Å². The second kappa shape index (κ2) is 10.6. The molecule has 2 heterocycles. The average molecular weight is 425 g/mol. The fourth-order valence-electron chi connectivity index (χ4n) is 3.40. The van der Waals surface area contributed by atoms with Crippen molar-refractivity contribution >= 4 is 22.8 Å². The van der Waals surface area contributed by atoms with Crippen LogP contribution in [0.1, 0.15) is 18.4 Å². The summed E-state index contributed by atoms with van der Waals surface area (Å²) in [6.07, 6.45) is 1.63. The quantitative estimate of drug-likeness (QED) is 0.602. The molecule has 1 amide bonds. The molecule has 0 atom stereocenters. The number of fused-ring (bicyclic) bond motifs is 1. The van der Waals surface area contributed by atoms with Crippen LogP contribution < -0.4 is 10.6 Å². The van der Waals surface area contributed by atoms with Crippen LogP contribution in [0.4, 0.5) is 10.6 Å². The van der Waals surface area contributed by atoms with E-state index in [2.05, 4.69) is 45.2 Å². The summed E-state index contributed by atoms with van der Waals surface area (Å²) in [5.41, 5.74) is 7.40. The molecule has 8 heteroatoms. The zero-order valence-electron chi connectivity index (χ0n) is 17.9. The van der Waals surface area contributed by atoms with Crippen LogP contribution in [-0.4, -0.2) is 54.6 Å². The van der Waals surface area contributed by atoms with E-state index in [0.717, 1.165) is 29.8 Å². The van der Waals surface area contributed by atoms with Crippen LogP contribution in [-0.2, 0) is 9.47 Å². The van der Waals surface area contributed by atoms with Gasteiger partial charge in [0.1, 0.15) is 18.2 Å². The number of aromatic nitrogens is 2. The van der Waals surface area contributed by atoms with Crippen molar-refractivity contribution in [3.05, 3.63) is 48.0 Å². The molecule has 0 bridgehead atoms. The number of hydrogen-bond acceptors (Lipinski definition) is 7. The molecular weight excluding hydrogens is 396 g/mol. The highest BCUT2D eigenvalue weighted by Crippen LogP contribution is 2.32. The minimum atomic E-state index is -0.762. The highest BCUT2D eigenvalue weighted by molar-refractivity contribution is 5.92. The van der Waals surface area contributed by atoms with E-state index in [1.807, 2.05) is 18.2 Å². The zero-order chi connectivity index (χ0) is 22.2. The van der Waals surface area contributed by atoms with Gasteiger partial charge in [0.05, 0.1) is 17.7 Å². The standard InChI is InChI=1S/C19H19N3O.C4H9NO3/c1-13-8-9-14-16(12-13)20-18(15-6-2-3-7-17(15)23)21-19(14)22-10-4-5-11-22;1-7-2-3-8-4(5)6/h2-3,6-9,12,23H,4-5,10-11H2,1H3;2-3H2,1H3,(H2,5,6). The van der Waals surface area contributed by atoms with Crippen LogP contribution in [0.3, 0.4) is 0 Å². The average Bonchev–Trinajstić information content (AvgIpc) is 3.28. The number of anilines is 1. The third-order valence-corrected chi connectivity index (χ3v) is 4.91. The molecule has 2 aromatic carbocycles. The molecule has 0 saturated carbocycles. The molecule has 0 radical (unpaired) electrons. The number of rotatable bonds is 5. The first-order valence-electron chi connectivity index (χ1n) is 10.2. The van der Waals surface area contributed by atoms with Crippen LogP contribution >= 0.6 is 0 Å². The van der Waals surface area contributed by atoms with E-state index in [0.29, 0.717) is 18.0 Å². The Morgan fingerprint density at radius 2 is 1.87 bits per heavy atom.